The molecule has 2 atom stereocenters. The number of rotatable bonds is 7. The van der Waals surface area contributed by atoms with Crippen LogP contribution in [0.5, 0.6) is 5.75 Å². The molecule has 5 rings (SSSR count). The summed E-state index contributed by atoms with van der Waals surface area (Å²) in [5.74, 6) is 0.0571. The highest BCUT2D eigenvalue weighted by molar-refractivity contribution is 6.22. The Morgan fingerprint density at radius 2 is 1.95 bits per heavy atom. The molecule has 0 spiro atoms. The van der Waals surface area contributed by atoms with Gasteiger partial charge in [0.15, 0.2) is 11.1 Å². The number of pyridine rings is 1. The lowest BCUT2D eigenvalue weighted by Crippen LogP contribution is -2.52. The highest BCUT2D eigenvalue weighted by atomic mass is 16.7. The van der Waals surface area contributed by atoms with Crippen LogP contribution >= 0.6 is 0 Å². The number of carbonyl (C=O) groups excluding carboxylic acids is 2. The van der Waals surface area contributed by atoms with E-state index in [0.717, 1.165) is 22.2 Å². The zero-order chi connectivity index (χ0) is 26.2. The van der Waals surface area contributed by atoms with Crippen LogP contribution in [-0.4, -0.2) is 45.9 Å². The molecule has 37 heavy (non-hydrogen) atoms. The lowest BCUT2D eigenvalue weighted by molar-refractivity contribution is -0.121. The SMILES string of the molecule is Cc1cc(COc2ccc(C3(CNC(=O)O)CC(C4(C)NC(=O)NC4=O)=NO3)cc2)c2ccccc2n1. The molecule has 0 aliphatic carbocycles. The van der Waals surface area contributed by atoms with Crippen molar-refractivity contribution in [1.82, 2.24) is 20.9 Å². The van der Waals surface area contributed by atoms with Crippen LogP contribution in [0.3, 0.4) is 0 Å². The summed E-state index contributed by atoms with van der Waals surface area (Å²) in [6, 6.07) is 16.3. The van der Waals surface area contributed by atoms with Gasteiger partial charge in [0.2, 0.25) is 0 Å². The van der Waals surface area contributed by atoms with Crippen molar-refractivity contribution in [1.29, 1.82) is 0 Å². The molecule has 2 aliphatic rings. The van der Waals surface area contributed by atoms with E-state index in [0.29, 0.717) is 17.9 Å². The van der Waals surface area contributed by atoms with Gasteiger partial charge in [0, 0.05) is 28.6 Å². The van der Waals surface area contributed by atoms with Crippen LogP contribution in [0.15, 0.2) is 59.8 Å². The molecule has 1 aromatic heterocycles. The van der Waals surface area contributed by atoms with Crippen molar-refractivity contribution < 1.29 is 29.1 Å². The zero-order valence-corrected chi connectivity index (χ0v) is 20.2. The second-order valence-electron chi connectivity index (χ2n) is 9.25. The van der Waals surface area contributed by atoms with Crippen LogP contribution in [0.2, 0.25) is 0 Å². The standard InChI is InChI=1S/C26H25N5O6/c1-15-11-16(19-5-3-4-6-20(19)28-15)13-36-18-9-7-17(8-10-18)26(14-27-24(34)35)12-21(31-37-26)25(2)22(32)29-23(33)30-25/h3-11,27H,12-14H2,1-2H3,(H,34,35)(H2,29,30,32,33). The number of carboxylic acid groups (broad SMARTS) is 1. The van der Waals surface area contributed by atoms with Gasteiger partial charge in [0.1, 0.15) is 12.4 Å². The number of hydrogen-bond donors (Lipinski definition) is 4. The van der Waals surface area contributed by atoms with E-state index in [2.05, 4.69) is 26.1 Å². The highest BCUT2D eigenvalue weighted by Crippen LogP contribution is 2.38. The Bertz CT molecular complexity index is 1440. The number of urea groups is 1. The lowest BCUT2D eigenvalue weighted by Gasteiger charge is -2.28. The van der Waals surface area contributed by atoms with E-state index in [1.165, 1.54) is 6.92 Å². The number of hydrogen-bond acceptors (Lipinski definition) is 7. The number of ether oxygens (including phenoxy) is 1. The van der Waals surface area contributed by atoms with Crippen molar-refractivity contribution in [3.63, 3.8) is 0 Å². The molecule has 1 saturated heterocycles. The van der Waals surface area contributed by atoms with E-state index in [9.17, 15) is 19.5 Å². The van der Waals surface area contributed by atoms with E-state index in [1.807, 2.05) is 37.3 Å². The third-order valence-electron chi connectivity index (χ3n) is 6.64. The maximum atomic E-state index is 12.4. The minimum atomic E-state index is -1.39. The predicted molar refractivity (Wildman–Crippen MR) is 133 cm³/mol. The minimum Gasteiger partial charge on any atom is -0.489 e. The number of benzene rings is 2. The summed E-state index contributed by atoms with van der Waals surface area (Å²) in [6.07, 6.45) is -1.14. The average molecular weight is 504 g/mol. The van der Waals surface area contributed by atoms with Crippen molar-refractivity contribution in [3.8, 4) is 5.75 Å². The van der Waals surface area contributed by atoms with Crippen molar-refractivity contribution in [2.45, 2.75) is 38.0 Å². The largest absolute Gasteiger partial charge is 0.489 e. The van der Waals surface area contributed by atoms with Gasteiger partial charge in [-0.1, -0.05) is 35.5 Å². The van der Waals surface area contributed by atoms with Crippen molar-refractivity contribution in [2.75, 3.05) is 6.54 Å². The number of nitrogens with one attached hydrogen (secondary N) is 3. The summed E-state index contributed by atoms with van der Waals surface area (Å²) >= 11 is 0. The Morgan fingerprint density at radius 1 is 1.19 bits per heavy atom. The molecule has 0 saturated carbocycles. The van der Waals surface area contributed by atoms with E-state index < -0.39 is 29.2 Å². The van der Waals surface area contributed by atoms with Crippen molar-refractivity contribution in [2.24, 2.45) is 5.16 Å². The molecule has 3 heterocycles. The quantitative estimate of drug-likeness (QED) is 0.362. The topological polar surface area (TPSA) is 151 Å². The van der Waals surface area contributed by atoms with Gasteiger partial charge in [-0.2, -0.15) is 0 Å². The Hall–Kier alpha value is -4.67. The molecule has 2 aliphatic heterocycles. The molecule has 4 amide bonds. The van der Waals surface area contributed by atoms with E-state index in [4.69, 9.17) is 9.57 Å². The molecule has 11 heteroatoms. The zero-order valence-electron chi connectivity index (χ0n) is 20.2. The number of aryl methyl sites for hydroxylation is 1. The fourth-order valence-electron chi connectivity index (χ4n) is 4.59. The third kappa shape index (κ3) is 4.51. The summed E-state index contributed by atoms with van der Waals surface area (Å²) in [5, 5.41) is 21.4. The van der Waals surface area contributed by atoms with Gasteiger partial charge >= 0.3 is 12.1 Å². The first-order valence-electron chi connectivity index (χ1n) is 11.6. The summed E-state index contributed by atoms with van der Waals surface area (Å²) in [4.78, 5) is 45.7. The van der Waals surface area contributed by atoms with Crippen LogP contribution in [0, 0.1) is 6.92 Å². The predicted octanol–water partition coefficient (Wildman–Crippen LogP) is 2.96. The van der Waals surface area contributed by atoms with Crippen LogP contribution in [0.25, 0.3) is 10.9 Å². The van der Waals surface area contributed by atoms with Crippen LogP contribution < -0.4 is 20.7 Å². The molecule has 0 bridgehead atoms. The van der Waals surface area contributed by atoms with Crippen LogP contribution in [-0.2, 0) is 21.8 Å². The van der Waals surface area contributed by atoms with E-state index in [1.54, 1.807) is 24.3 Å². The molecule has 11 nitrogen and oxygen atoms in total. The first-order valence-corrected chi connectivity index (χ1v) is 11.6. The molecule has 4 N–H and O–H groups in total. The van der Waals surface area contributed by atoms with Gasteiger partial charge in [-0.25, -0.2) is 9.59 Å². The Morgan fingerprint density at radius 3 is 2.65 bits per heavy atom. The summed E-state index contributed by atoms with van der Waals surface area (Å²) < 4.78 is 6.04. The van der Waals surface area contributed by atoms with Gasteiger partial charge in [0.25, 0.3) is 5.91 Å². The number of fused-ring (bicyclic) bond motifs is 1. The lowest BCUT2D eigenvalue weighted by atomic mass is 9.83. The van der Waals surface area contributed by atoms with Gasteiger partial charge in [-0.05, 0) is 38.1 Å². The number of aromatic nitrogens is 1. The van der Waals surface area contributed by atoms with Gasteiger partial charge in [-0.15, -0.1) is 0 Å². The summed E-state index contributed by atoms with van der Waals surface area (Å²) in [6.45, 7) is 3.68. The highest BCUT2D eigenvalue weighted by Gasteiger charge is 2.53. The molecule has 1 fully saturated rings. The average Bonchev–Trinajstić information content (AvgIpc) is 3.43. The van der Waals surface area contributed by atoms with Crippen LogP contribution in [0.4, 0.5) is 9.59 Å². The number of amides is 4. The first kappa shape index (κ1) is 24.0. The molecule has 2 unspecified atom stereocenters. The number of imide groups is 1. The summed E-state index contributed by atoms with van der Waals surface area (Å²) in [7, 11) is 0. The fraction of sp³-hybridized carbons (Fsp3) is 0.269. The van der Waals surface area contributed by atoms with Gasteiger partial charge < -0.3 is 25.3 Å². The number of carbonyl (C=O) groups is 3. The van der Waals surface area contributed by atoms with Gasteiger partial charge in [-0.3, -0.25) is 15.1 Å². The number of para-hydroxylation sites is 1. The Kier molecular flexibility index (Phi) is 5.90. The number of nitrogens with zero attached hydrogens (tertiary/aromatic N) is 2. The smallest absolute Gasteiger partial charge is 0.404 e. The second kappa shape index (κ2) is 9.08. The molecule has 3 aromatic rings. The Labute approximate surface area is 211 Å². The van der Waals surface area contributed by atoms with E-state index >= 15 is 0 Å². The second-order valence-corrected chi connectivity index (χ2v) is 9.25. The summed E-state index contributed by atoms with van der Waals surface area (Å²) in [5.41, 5.74) is 1.12. The van der Waals surface area contributed by atoms with E-state index in [-0.39, 0.29) is 18.7 Å². The Balaban J connectivity index is 1.35. The maximum Gasteiger partial charge on any atom is 0.404 e. The fourth-order valence-corrected chi connectivity index (χ4v) is 4.59. The monoisotopic (exact) mass is 503 g/mol. The van der Waals surface area contributed by atoms with Crippen LogP contribution in [0.1, 0.15) is 30.2 Å². The molecule has 0 radical (unpaired) electrons. The van der Waals surface area contributed by atoms with Crippen molar-refractivity contribution in [3.05, 3.63) is 71.4 Å². The third-order valence-corrected chi connectivity index (χ3v) is 6.64. The number of oxime groups is 1. The normalized spacial score (nSPS) is 22.7. The minimum absolute atomic E-state index is 0.0833. The van der Waals surface area contributed by atoms with Gasteiger partial charge in [0.05, 0.1) is 17.8 Å². The molecule has 2 aromatic carbocycles. The first-order chi connectivity index (χ1) is 17.7. The maximum absolute atomic E-state index is 12.4. The molecular formula is C26H25N5O6. The molecular weight excluding hydrogens is 478 g/mol. The molecule has 190 valence electrons. The van der Waals surface area contributed by atoms with Crippen molar-refractivity contribution >= 4 is 34.6 Å².